The molecule has 0 bridgehead atoms. The summed E-state index contributed by atoms with van der Waals surface area (Å²) in [7, 11) is 0. The van der Waals surface area contributed by atoms with Crippen LogP contribution in [-0.2, 0) is 9.53 Å². The number of hydrogen-bond acceptors (Lipinski definition) is 2. The highest BCUT2D eigenvalue weighted by Gasteiger charge is 2.04. The molecule has 0 fully saturated rings. The number of carbonyl (C=O) groups is 1. The van der Waals surface area contributed by atoms with Crippen LogP contribution in [0.4, 0.5) is 0 Å². The van der Waals surface area contributed by atoms with E-state index in [-0.39, 0.29) is 6.10 Å². The van der Waals surface area contributed by atoms with E-state index < -0.39 is 0 Å². The lowest BCUT2D eigenvalue weighted by Gasteiger charge is -2.11. The normalized spacial score (nSPS) is 12.1. The molecule has 0 aliphatic rings. The van der Waals surface area contributed by atoms with Gasteiger partial charge in [0.1, 0.15) is 6.10 Å². The van der Waals surface area contributed by atoms with E-state index in [1.54, 1.807) is 0 Å². The van der Waals surface area contributed by atoms with E-state index >= 15 is 0 Å². The minimum Gasteiger partial charge on any atom is -0.465 e. The van der Waals surface area contributed by atoms with Crippen molar-refractivity contribution in [2.75, 3.05) is 0 Å². The van der Waals surface area contributed by atoms with E-state index in [0.717, 1.165) is 25.7 Å². The molecule has 0 aromatic rings. The third kappa shape index (κ3) is 7.84. The van der Waals surface area contributed by atoms with Crippen LogP contribution in [-0.4, -0.2) is 12.6 Å². The van der Waals surface area contributed by atoms with Crippen LogP contribution in [0.5, 0.6) is 0 Å². The lowest BCUT2D eigenvalue weighted by atomic mass is 10.1. The summed E-state index contributed by atoms with van der Waals surface area (Å²) in [4.78, 5) is 10.1. The van der Waals surface area contributed by atoms with E-state index in [0.29, 0.717) is 6.47 Å². The topological polar surface area (TPSA) is 26.3 Å². The van der Waals surface area contributed by atoms with Crippen molar-refractivity contribution in [2.24, 2.45) is 0 Å². The third-order valence-electron chi connectivity index (χ3n) is 2.39. The van der Waals surface area contributed by atoms with Crippen LogP contribution in [0.25, 0.3) is 0 Å². The monoisotopic (exact) mass is 198 g/mol. The van der Waals surface area contributed by atoms with Crippen LogP contribution in [0.15, 0.2) is 12.7 Å². The van der Waals surface area contributed by atoms with Gasteiger partial charge in [0.2, 0.25) is 0 Å². The van der Waals surface area contributed by atoms with Crippen molar-refractivity contribution in [1.29, 1.82) is 0 Å². The zero-order valence-corrected chi connectivity index (χ0v) is 9.21. The molecule has 82 valence electrons. The molecule has 0 N–H and O–H groups in total. The van der Waals surface area contributed by atoms with Gasteiger partial charge in [0.25, 0.3) is 6.47 Å². The second kappa shape index (κ2) is 10.3. The maximum Gasteiger partial charge on any atom is 0.293 e. The average Bonchev–Trinajstić information content (AvgIpc) is 2.21. The quantitative estimate of drug-likeness (QED) is 0.305. The van der Waals surface area contributed by atoms with Crippen LogP contribution in [0, 0.1) is 0 Å². The zero-order valence-electron chi connectivity index (χ0n) is 9.21. The first-order chi connectivity index (χ1) is 6.85. The lowest BCUT2D eigenvalue weighted by Crippen LogP contribution is -2.10. The SMILES string of the molecule is C=CCCCCCCC(CC)OC=O. The molecule has 14 heavy (non-hydrogen) atoms. The van der Waals surface area contributed by atoms with Gasteiger partial charge in [0.05, 0.1) is 0 Å². The van der Waals surface area contributed by atoms with Gasteiger partial charge in [-0.05, 0) is 32.1 Å². The smallest absolute Gasteiger partial charge is 0.293 e. The van der Waals surface area contributed by atoms with Gasteiger partial charge >= 0.3 is 0 Å². The number of carbonyl (C=O) groups excluding carboxylic acids is 1. The summed E-state index contributed by atoms with van der Waals surface area (Å²) in [5, 5.41) is 0. The van der Waals surface area contributed by atoms with Gasteiger partial charge in [-0.15, -0.1) is 6.58 Å². The molecule has 0 heterocycles. The zero-order chi connectivity index (χ0) is 10.6. The van der Waals surface area contributed by atoms with Crippen molar-refractivity contribution in [3.8, 4) is 0 Å². The van der Waals surface area contributed by atoms with Crippen molar-refractivity contribution >= 4 is 6.47 Å². The Kier molecular flexibility index (Phi) is 9.71. The van der Waals surface area contributed by atoms with E-state index in [1.807, 2.05) is 13.0 Å². The Morgan fingerprint density at radius 2 is 2.00 bits per heavy atom. The van der Waals surface area contributed by atoms with Gasteiger partial charge in [-0.3, -0.25) is 4.79 Å². The first-order valence-electron chi connectivity index (χ1n) is 5.55. The maximum atomic E-state index is 10.1. The molecule has 0 saturated carbocycles. The molecule has 0 aliphatic carbocycles. The summed E-state index contributed by atoms with van der Waals surface area (Å²) in [5.74, 6) is 0. The molecule has 1 atom stereocenters. The molecule has 0 rings (SSSR count). The Balaban J connectivity index is 3.23. The van der Waals surface area contributed by atoms with E-state index in [2.05, 4.69) is 6.58 Å². The maximum absolute atomic E-state index is 10.1. The molecule has 2 heteroatoms. The van der Waals surface area contributed by atoms with Crippen molar-refractivity contribution in [3.63, 3.8) is 0 Å². The van der Waals surface area contributed by atoms with Gasteiger partial charge in [0, 0.05) is 0 Å². The Morgan fingerprint density at radius 3 is 2.57 bits per heavy atom. The second-order valence-corrected chi connectivity index (χ2v) is 3.54. The van der Waals surface area contributed by atoms with Gasteiger partial charge in [-0.2, -0.15) is 0 Å². The summed E-state index contributed by atoms with van der Waals surface area (Å²) in [6, 6.07) is 0. The van der Waals surface area contributed by atoms with Crippen molar-refractivity contribution in [1.82, 2.24) is 0 Å². The largest absolute Gasteiger partial charge is 0.465 e. The molecule has 0 spiro atoms. The van der Waals surface area contributed by atoms with Gasteiger partial charge in [0.15, 0.2) is 0 Å². The fourth-order valence-electron chi connectivity index (χ4n) is 1.46. The van der Waals surface area contributed by atoms with Gasteiger partial charge in [-0.1, -0.05) is 25.8 Å². The minimum atomic E-state index is 0.131. The van der Waals surface area contributed by atoms with Crippen molar-refractivity contribution < 1.29 is 9.53 Å². The molecular formula is C12H22O2. The summed E-state index contributed by atoms with van der Waals surface area (Å²) in [6.45, 7) is 6.29. The number of unbranched alkanes of at least 4 members (excludes halogenated alkanes) is 4. The highest BCUT2D eigenvalue weighted by Crippen LogP contribution is 2.11. The first kappa shape index (κ1) is 13.2. The Labute approximate surface area is 87.3 Å². The fraction of sp³-hybridized carbons (Fsp3) is 0.750. The van der Waals surface area contributed by atoms with Crippen molar-refractivity contribution in [2.45, 2.75) is 58.0 Å². The Bertz CT molecular complexity index is 143. The molecule has 0 aromatic heterocycles. The molecule has 0 aliphatic heterocycles. The molecule has 0 amide bonds. The first-order valence-corrected chi connectivity index (χ1v) is 5.55. The number of rotatable bonds is 10. The number of allylic oxidation sites excluding steroid dienone is 1. The Hall–Kier alpha value is -0.790. The molecule has 1 unspecified atom stereocenters. The van der Waals surface area contributed by atoms with Crippen LogP contribution in [0.2, 0.25) is 0 Å². The predicted molar refractivity (Wildman–Crippen MR) is 59.1 cm³/mol. The summed E-state index contributed by atoms with van der Waals surface area (Å²) in [5.41, 5.74) is 0. The molecule has 0 radical (unpaired) electrons. The summed E-state index contributed by atoms with van der Waals surface area (Å²) >= 11 is 0. The third-order valence-corrected chi connectivity index (χ3v) is 2.39. The molecule has 0 aromatic carbocycles. The average molecular weight is 198 g/mol. The van der Waals surface area contributed by atoms with Crippen LogP contribution in [0.3, 0.4) is 0 Å². The Morgan fingerprint density at radius 1 is 1.29 bits per heavy atom. The van der Waals surface area contributed by atoms with Crippen LogP contribution < -0.4 is 0 Å². The molecule has 0 saturated heterocycles. The van der Waals surface area contributed by atoms with E-state index in [9.17, 15) is 4.79 Å². The minimum absolute atomic E-state index is 0.131. The van der Waals surface area contributed by atoms with Crippen LogP contribution in [0.1, 0.15) is 51.9 Å². The van der Waals surface area contributed by atoms with E-state index in [1.165, 1.54) is 19.3 Å². The fourth-order valence-corrected chi connectivity index (χ4v) is 1.46. The molecule has 2 nitrogen and oxygen atoms in total. The van der Waals surface area contributed by atoms with Gasteiger partial charge in [-0.25, -0.2) is 0 Å². The highest BCUT2D eigenvalue weighted by molar-refractivity contribution is 5.37. The second-order valence-electron chi connectivity index (χ2n) is 3.54. The number of hydrogen-bond donors (Lipinski definition) is 0. The highest BCUT2D eigenvalue weighted by atomic mass is 16.5. The standard InChI is InChI=1S/C12H22O2/c1-3-5-6-7-8-9-10-12(4-2)14-11-13/h3,11-12H,1,4-10H2,2H3. The summed E-state index contributed by atoms with van der Waals surface area (Å²) in [6.07, 6.45) is 10.0. The predicted octanol–water partition coefficient (Wildman–Crippen LogP) is 3.46. The van der Waals surface area contributed by atoms with E-state index in [4.69, 9.17) is 4.74 Å². The van der Waals surface area contributed by atoms with Crippen LogP contribution >= 0.6 is 0 Å². The number of ether oxygens (including phenoxy) is 1. The molecular weight excluding hydrogens is 176 g/mol. The lowest BCUT2D eigenvalue weighted by molar-refractivity contribution is -0.134. The van der Waals surface area contributed by atoms with Crippen molar-refractivity contribution in [3.05, 3.63) is 12.7 Å². The van der Waals surface area contributed by atoms with Gasteiger partial charge < -0.3 is 4.74 Å². The summed E-state index contributed by atoms with van der Waals surface area (Å²) < 4.78 is 4.92.